The van der Waals surface area contributed by atoms with E-state index in [4.69, 9.17) is 11.5 Å². The molecule has 0 saturated heterocycles. The second kappa shape index (κ2) is 4.71. The highest BCUT2D eigenvalue weighted by Gasteiger charge is 2.48. The van der Waals surface area contributed by atoms with Crippen LogP contribution in [0, 0.1) is 23.7 Å². The van der Waals surface area contributed by atoms with Gasteiger partial charge in [0.15, 0.2) is 0 Å². The van der Waals surface area contributed by atoms with Crippen LogP contribution in [0.4, 0.5) is 0 Å². The second-order valence-electron chi connectivity index (χ2n) is 9.12. The van der Waals surface area contributed by atoms with Crippen molar-refractivity contribution in [2.24, 2.45) is 35.1 Å². The molecular weight excluding hydrogens is 244 g/mol. The van der Waals surface area contributed by atoms with Crippen molar-refractivity contribution in [3.63, 3.8) is 0 Å². The summed E-state index contributed by atoms with van der Waals surface area (Å²) in [4.78, 5) is 0. The number of hydrogen-bond donors (Lipinski definition) is 2. The number of hydrogen-bond acceptors (Lipinski definition) is 2. The normalized spacial score (nSPS) is 55.5. The monoisotopic (exact) mass is 276 g/mol. The Morgan fingerprint density at radius 3 is 1.20 bits per heavy atom. The molecule has 7 aliphatic carbocycles. The van der Waals surface area contributed by atoms with Gasteiger partial charge >= 0.3 is 0 Å². The van der Waals surface area contributed by atoms with E-state index in [1.165, 1.54) is 77.0 Å². The van der Waals surface area contributed by atoms with Crippen molar-refractivity contribution in [1.82, 2.24) is 0 Å². The van der Waals surface area contributed by atoms with Gasteiger partial charge in [-0.05, 0) is 101 Å². The van der Waals surface area contributed by atoms with Gasteiger partial charge in [-0.25, -0.2) is 0 Å². The van der Waals surface area contributed by atoms with E-state index in [0.717, 1.165) is 23.7 Å². The van der Waals surface area contributed by atoms with Gasteiger partial charge in [-0.2, -0.15) is 0 Å². The van der Waals surface area contributed by atoms with Gasteiger partial charge in [0.25, 0.3) is 0 Å². The molecule has 6 bridgehead atoms. The zero-order valence-electron chi connectivity index (χ0n) is 12.9. The van der Waals surface area contributed by atoms with E-state index in [9.17, 15) is 0 Å². The first-order valence-electron chi connectivity index (χ1n) is 9.10. The molecule has 20 heavy (non-hydrogen) atoms. The van der Waals surface area contributed by atoms with Crippen LogP contribution in [-0.2, 0) is 0 Å². The largest absolute Gasteiger partial charge is 0.325 e. The smallest absolute Gasteiger partial charge is 0.0162 e. The Hall–Kier alpha value is -0.0800. The fourth-order valence-electron chi connectivity index (χ4n) is 6.46. The fraction of sp³-hybridized carbons (Fsp3) is 1.00. The molecule has 0 aromatic rings. The van der Waals surface area contributed by atoms with Crippen LogP contribution in [0.1, 0.15) is 77.0 Å². The van der Waals surface area contributed by atoms with Crippen LogP contribution in [0.15, 0.2) is 0 Å². The van der Waals surface area contributed by atoms with Crippen molar-refractivity contribution in [2.45, 2.75) is 88.1 Å². The molecule has 0 heterocycles. The molecule has 2 heteroatoms. The Bertz CT molecular complexity index is 319. The molecule has 0 aromatic carbocycles. The first-order chi connectivity index (χ1) is 9.52. The molecule has 7 aliphatic rings. The van der Waals surface area contributed by atoms with Crippen molar-refractivity contribution in [2.75, 3.05) is 0 Å². The molecule has 7 rings (SSSR count). The van der Waals surface area contributed by atoms with Gasteiger partial charge in [0, 0.05) is 11.1 Å². The lowest BCUT2D eigenvalue weighted by Crippen LogP contribution is -2.55. The molecule has 0 radical (unpaired) electrons. The minimum absolute atomic E-state index is 0.286. The number of nitrogens with two attached hydrogens (primary N) is 2. The van der Waals surface area contributed by atoms with E-state index < -0.39 is 0 Å². The van der Waals surface area contributed by atoms with Crippen LogP contribution in [0.25, 0.3) is 0 Å². The van der Waals surface area contributed by atoms with E-state index in [1.807, 2.05) is 0 Å². The van der Waals surface area contributed by atoms with Crippen LogP contribution < -0.4 is 11.5 Å². The zero-order valence-corrected chi connectivity index (χ0v) is 12.9. The van der Waals surface area contributed by atoms with Crippen molar-refractivity contribution in [3.8, 4) is 0 Å². The maximum absolute atomic E-state index is 6.32. The maximum atomic E-state index is 6.32. The molecule has 0 spiro atoms. The van der Waals surface area contributed by atoms with Gasteiger partial charge in [0.1, 0.15) is 0 Å². The van der Waals surface area contributed by atoms with E-state index in [2.05, 4.69) is 0 Å². The first kappa shape index (κ1) is 13.6. The van der Waals surface area contributed by atoms with Gasteiger partial charge in [-0.1, -0.05) is 0 Å². The average Bonchev–Trinajstić information content (AvgIpc) is 2.37. The summed E-state index contributed by atoms with van der Waals surface area (Å²) in [5, 5.41) is 0. The lowest BCUT2D eigenvalue weighted by molar-refractivity contribution is 0.000365. The highest BCUT2D eigenvalue weighted by atomic mass is 14.8. The molecule has 0 aliphatic heterocycles. The van der Waals surface area contributed by atoms with Gasteiger partial charge in [-0.15, -0.1) is 0 Å². The highest BCUT2D eigenvalue weighted by Crippen LogP contribution is 2.54. The quantitative estimate of drug-likeness (QED) is 0.710. The van der Waals surface area contributed by atoms with Crippen LogP contribution in [0.5, 0.6) is 0 Å². The SMILES string of the molecule is NC12CC3CC(CC(C3)C1)C2.NC12CCC(CC1)CC2. The molecule has 2 nitrogen and oxygen atoms in total. The molecule has 0 amide bonds. The summed E-state index contributed by atoms with van der Waals surface area (Å²) in [5.74, 6) is 4.11. The summed E-state index contributed by atoms with van der Waals surface area (Å²) in [6.45, 7) is 0. The first-order valence-corrected chi connectivity index (χ1v) is 9.10. The van der Waals surface area contributed by atoms with Gasteiger partial charge < -0.3 is 11.5 Å². The standard InChI is InChI=1S/C10H17N.C8H15N/c11-10-4-7-1-8(5-10)3-9(2-7)6-10;9-8-4-1-7(2-5-8)3-6-8/h7-9H,1-6,11H2;7H,1-6,9H2. The van der Waals surface area contributed by atoms with Crippen LogP contribution in [0.3, 0.4) is 0 Å². The van der Waals surface area contributed by atoms with Crippen LogP contribution in [-0.4, -0.2) is 11.1 Å². The maximum Gasteiger partial charge on any atom is 0.0162 e. The molecule has 7 saturated carbocycles. The summed E-state index contributed by atoms with van der Waals surface area (Å²) in [7, 11) is 0. The molecule has 0 aromatic heterocycles. The Labute approximate surface area is 124 Å². The summed E-state index contributed by atoms with van der Waals surface area (Å²) in [6.07, 6.45) is 16.7. The predicted molar refractivity (Wildman–Crippen MR) is 83.2 cm³/mol. The molecule has 7 fully saturated rings. The highest BCUT2D eigenvalue weighted by molar-refractivity contribution is 5.04. The summed E-state index contributed by atoms with van der Waals surface area (Å²) < 4.78 is 0. The predicted octanol–water partition coefficient (Wildman–Crippen LogP) is 3.58. The Morgan fingerprint density at radius 1 is 0.550 bits per heavy atom. The van der Waals surface area contributed by atoms with Gasteiger partial charge in [-0.3, -0.25) is 0 Å². The van der Waals surface area contributed by atoms with Crippen molar-refractivity contribution >= 4 is 0 Å². The third-order valence-electron chi connectivity index (χ3n) is 7.24. The molecule has 114 valence electrons. The van der Waals surface area contributed by atoms with E-state index >= 15 is 0 Å². The molecule has 4 N–H and O–H groups in total. The van der Waals surface area contributed by atoms with Gasteiger partial charge in [0.2, 0.25) is 0 Å². The average molecular weight is 276 g/mol. The topological polar surface area (TPSA) is 52.0 Å². The molecular formula is C18H32N2. The lowest BCUT2D eigenvalue weighted by atomic mass is 9.53. The minimum Gasteiger partial charge on any atom is -0.325 e. The second-order valence-corrected chi connectivity index (χ2v) is 9.12. The minimum atomic E-state index is 0.286. The summed E-state index contributed by atoms with van der Waals surface area (Å²) in [5.41, 5.74) is 13.0. The molecule has 0 unspecified atom stereocenters. The Kier molecular flexibility index (Phi) is 3.20. The van der Waals surface area contributed by atoms with Crippen LogP contribution >= 0.6 is 0 Å². The Morgan fingerprint density at radius 2 is 0.950 bits per heavy atom. The van der Waals surface area contributed by atoms with Crippen molar-refractivity contribution in [3.05, 3.63) is 0 Å². The van der Waals surface area contributed by atoms with Crippen molar-refractivity contribution < 1.29 is 0 Å². The third kappa shape index (κ3) is 2.54. The van der Waals surface area contributed by atoms with Crippen molar-refractivity contribution in [1.29, 1.82) is 0 Å². The summed E-state index contributed by atoms with van der Waals surface area (Å²) >= 11 is 0. The van der Waals surface area contributed by atoms with E-state index in [0.29, 0.717) is 5.54 Å². The Balaban J connectivity index is 0.000000108. The van der Waals surface area contributed by atoms with Crippen LogP contribution in [0.2, 0.25) is 0 Å². The summed E-state index contributed by atoms with van der Waals surface area (Å²) in [6, 6.07) is 0. The zero-order chi connectivity index (χ0) is 13.8. The number of fused-ring (bicyclic) bond motifs is 3. The number of rotatable bonds is 0. The third-order valence-corrected chi connectivity index (χ3v) is 7.24. The van der Waals surface area contributed by atoms with Gasteiger partial charge in [0.05, 0.1) is 0 Å². The molecule has 0 atom stereocenters. The van der Waals surface area contributed by atoms with E-state index in [1.54, 1.807) is 0 Å². The van der Waals surface area contributed by atoms with E-state index in [-0.39, 0.29) is 5.54 Å². The lowest BCUT2D eigenvalue weighted by Gasteiger charge is -2.55. The fourth-order valence-corrected chi connectivity index (χ4v) is 6.46.